The van der Waals surface area contributed by atoms with Crippen molar-refractivity contribution < 1.29 is 18.1 Å². The minimum atomic E-state index is -4.58. The Morgan fingerprint density at radius 3 is 2.35 bits per heavy atom. The molecule has 0 saturated carbocycles. The van der Waals surface area contributed by atoms with Crippen LogP contribution >= 0.6 is 11.8 Å². The maximum absolute atomic E-state index is 12.7. The molecule has 94 valence electrons. The van der Waals surface area contributed by atoms with Crippen LogP contribution in [0.1, 0.15) is 19.4 Å². The highest BCUT2D eigenvalue weighted by molar-refractivity contribution is 8.00. The third-order valence-corrected chi connectivity index (χ3v) is 2.92. The van der Waals surface area contributed by atoms with Crippen LogP contribution < -0.4 is 0 Å². The molecule has 0 atom stereocenters. The van der Waals surface area contributed by atoms with Crippen LogP contribution in [0.3, 0.4) is 0 Å². The molecule has 0 heterocycles. The van der Waals surface area contributed by atoms with Gasteiger partial charge in [0.15, 0.2) is 0 Å². The molecule has 0 aliphatic rings. The number of nitrogens with zero attached hydrogens (tertiary/aromatic N) is 1. The van der Waals surface area contributed by atoms with E-state index in [-0.39, 0.29) is 10.1 Å². The second-order valence-corrected chi connectivity index (χ2v) is 5.22. The van der Waals surface area contributed by atoms with Crippen LogP contribution in [0.2, 0.25) is 0 Å². The summed E-state index contributed by atoms with van der Waals surface area (Å²) < 4.78 is 38.1. The summed E-state index contributed by atoms with van der Waals surface area (Å²) in [6.07, 6.45) is -4.58. The lowest BCUT2D eigenvalue weighted by Crippen LogP contribution is -2.08. The predicted octanol–water partition coefficient (Wildman–Crippen LogP) is 4.11. The lowest BCUT2D eigenvalue weighted by atomic mass is 10.2. The Labute approximate surface area is 100 Å². The van der Waals surface area contributed by atoms with Gasteiger partial charge in [0.1, 0.15) is 0 Å². The zero-order chi connectivity index (χ0) is 13.2. The number of non-ortho nitro benzene ring substituents is 1. The molecule has 0 aliphatic heterocycles. The monoisotopic (exact) mass is 265 g/mol. The summed E-state index contributed by atoms with van der Waals surface area (Å²) in [5.41, 5.74) is -1.50. The van der Waals surface area contributed by atoms with Gasteiger partial charge in [-0.25, -0.2) is 0 Å². The summed E-state index contributed by atoms with van der Waals surface area (Å²) >= 11 is 1.03. The molecule has 0 aliphatic carbocycles. The van der Waals surface area contributed by atoms with Crippen LogP contribution in [0, 0.1) is 10.1 Å². The fourth-order valence-corrected chi connectivity index (χ4v) is 2.17. The molecule has 0 radical (unpaired) electrons. The Balaban J connectivity index is 3.27. The first-order valence-corrected chi connectivity index (χ1v) is 5.62. The Hall–Kier alpha value is -1.24. The average molecular weight is 265 g/mol. The first kappa shape index (κ1) is 13.8. The summed E-state index contributed by atoms with van der Waals surface area (Å²) in [6.45, 7) is 3.51. The number of halogens is 3. The van der Waals surface area contributed by atoms with Gasteiger partial charge in [-0.1, -0.05) is 13.8 Å². The molecule has 17 heavy (non-hydrogen) atoms. The van der Waals surface area contributed by atoms with Crippen LogP contribution in [0.4, 0.5) is 18.9 Å². The molecule has 1 aromatic rings. The van der Waals surface area contributed by atoms with Crippen molar-refractivity contribution in [2.75, 3.05) is 0 Å². The van der Waals surface area contributed by atoms with E-state index in [0.717, 1.165) is 23.9 Å². The quantitative estimate of drug-likeness (QED) is 0.469. The van der Waals surface area contributed by atoms with E-state index in [2.05, 4.69) is 0 Å². The van der Waals surface area contributed by atoms with Gasteiger partial charge >= 0.3 is 6.18 Å². The standard InChI is InChI=1S/C10H10F3NO2S/c1-6(2)17-9-4-3-7(14(15)16)5-8(9)10(11,12)13/h3-6H,1-2H3. The molecule has 1 aromatic carbocycles. The zero-order valence-corrected chi connectivity index (χ0v) is 9.93. The highest BCUT2D eigenvalue weighted by Gasteiger charge is 2.35. The molecule has 0 unspecified atom stereocenters. The number of thioether (sulfide) groups is 1. The number of rotatable bonds is 3. The van der Waals surface area contributed by atoms with E-state index < -0.39 is 22.4 Å². The van der Waals surface area contributed by atoms with Crippen molar-refractivity contribution in [1.82, 2.24) is 0 Å². The maximum Gasteiger partial charge on any atom is 0.417 e. The van der Waals surface area contributed by atoms with E-state index in [4.69, 9.17) is 0 Å². The second-order valence-electron chi connectivity index (χ2n) is 3.60. The van der Waals surface area contributed by atoms with Gasteiger partial charge in [0.2, 0.25) is 0 Å². The van der Waals surface area contributed by atoms with Gasteiger partial charge in [-0.05, 0) is 6.07 Å². The predicted molar refractivity (Wildman–Crippen MR) is 59.1 cm³/mol. The minimum Gasteiger partial charge on any atom is -0.258 e. The largest absolute Gasteiger partial charge is 0.417 e. The Morgan fingerprint density at radius 2 is 1.94 bits per heavy atom. The van der Waals surface area contributed by atoms with E-state index in [1.807, 2.05) is 0 Å². The molecular weight excluding hydrogens is 255 g/mol. The molecule has 0 amide bonds. The smallest absolute Gasteiger partial charge is 0.258 e. The van der Waals surface area contributed by atoms with Crippen LogP contribution in [0.5, 0.6) is 0 Å². The molecular formula is C10H10F3NO2S. The van der Waals surface area contributed by atoms with Gasteiger partial charge in [0.05, 0.1) is 10.5 Å². The van der Waals surface area contributed by atoms with Crippen molar-refractivity contribution in [3.05, 3.63) is 33.9 Å². The van der Waals surface area contributed by atoms with Gasteiger partial charge in [-0.2, -0.15) is 13.2 Å². The minimum absolute atomic E-state index is 0.0121. The summed E-state index contributed by atoms with van der Waals surface area (Å²) in [7, 11) is 0. The van der Waals surface area contributed by atoms with Crippen molar-refractivity contribution in [2.45, 2.75) is 30.2 Å². The zero-order valence-electron chi connectivity index (χ0n) is 9.12. The summed E-state index contributed by atoms with van der Waals surface area (Å²) in [4.78, 5) is 9.62. The second kappa shape index (κ2) is 4.95. The van der Waals surface area contributed by atoms with Crippen molar-refractivity contribution in [1.29, 1.82) is 0 Å². The van der Waals surface area contributed by atoms with Crippen molar-refractivity contribution in [3.8, 4) is 0 Å². The number of alkyl halides is 3. The fourth-order valence-electron chi connectivity index (χ4n) is 1.21. The Bertz CT molecular complexity index is 432. The van der Waals surface area contributed by atoms with E-state index in [1.54, 1.807) is 13.8 Å². The van der Waals surface area contributed by atoms with E-state index >= 15 is 0 Å². The normalized spacial score (nSPS) is 11.9. The van der Waals surface area contributed by atoms with Crippen molar-refractivity contribution in [2.24, 2.45) is 0 Å². The number of nitro groups is 1. The first-order valence-electron chi connectivity index (χ1n) is 4.74. The molecule has 7 heteroatoms. The lowest BCUT2D eigenvalue weighted by Gasteiger charge is -2.13. The Kier molecular flexibility index (Phi) is 4.03. The van der Waals surface area contributed by atoms with Gasteiger partial charge in [0.25, 0.3) is 5.69 Å². The summed E-state index contributed by atoms with van der Waals surface area (Å²) in [6, 6.07) is 2.80. The molecule has 0 saturated heterocycles. The molecule has 0 spiro atoms. The number of hydrogen-bond donors (Lipinski definition) is 0. The van der Waals surface area contributed by atoms with Gasteiger partial charge < -0.3 is 0 Å². The molecule has 0 bridgehead atoms. The molecule has 0 aromatic heterocycles. The highest BCUT2D eigenvalue weighted by atomic mass is 32.2. The average Bonchev–Trinajstić information content (AvgIpc) is 2.15. The van der Waals surface area contributed by atoms with Crippen molar-refractivity contribution >= 4 is 17.4 Å². The summed E-state index contributed by atoms with van der Waals surface area (Å²) in [5.74, 6) is 0. The van der Waals surface area contributed by atoms with Crippen LogP contribution in [-0.4, -0.2) is 10.2 Å². The first-order chi connectivity index (χ1) is 7.71. The SMILES string of the molecule is CC(C)Sc1ccc([N+](=O)[O-])cc1C(F)(F)F. The maximum atomic E-state index is 12.7. The van der Waals surface area contributed by atoms with Gasteiger partial charge in [0, 0.05) is 22.3 Å². The highest BCUT2D eigenvalue weighted by Crippen LogP contribution is 2.39. The fraction of sp³-hybridized carbons (Fsp3) is 0.400. The number of nitro benzene ring substituents is 1. The third-order valence-electron chi connectivity index (χ3n) is 1.84. The summed E-state index contributed by atoms with van der Waals surface area (Å²) in [5, 5.41) is 10.4. The van der Waals surface area contributed by atoms with Crippen molar-refractivity contribution in [3.63, 3.8) is 0 Å². The number of benzene rings is 1. The molecule has 0 N–H and O–H groups in total. The third kappa shape index (κ3) is 3.62. The molecule has 0 fully saturated rings. The van der Waals surface area contributed by atoms with E-state index in [0.29, 0.717) is 6.07 Å². The van der Waals surface area contributed by atoms with Crippen LogP contribution in [-0.2, 0) is 6.18 Å². The molecule has 1 rings (SSSR count). The van der Waals surface area contributed by atoms with Gasteiger partial charge in [-0.15, -0.1) is 11.8 Å². The van der Waals surface area contributed by atoms with E-state index in [1.165, 1.54) is 0 Å². The number of hydrogen-bond acceptors (Lipinski definition) is 3. The lowest BCUT2D eigenvalue weighted by molar-refractivity contribution is -0.385. The topological polar surface area (TPSA) is 43.1 Å². The Morgan fingerprint density at radius 1 is 1.35 bits per heavy atom. The van der Waals surface area contributed by atoms with Gasteiger partial charge in [-0.3, -0.25) is 10.1 Å². The molecule has 3 nitrogen and oxygen atoms in total. The van der Waals surface area contributed by atoms with Crippen LogP contribution in [0.25, 0.3) is 0 Å². The van der Waals surface area contributed by atoms with Crippen LogP contribution in [0.15, 0.2) is 23.1 Å². The van der Waals surface area contributed by atoms with E-state index in [9.17, 15) is 23.3 Å².